The second-order valence-corrected chi connectivity index (χ2v) is 7.73. The molecule has 1 heterocycles. The van der Waals surface area contributed by atoms with Gasteiger partial charge in [0.2, 0.25) is 0 Å². The molecule has 7 heteroatoms. The zero-order chi connectivity index (χ0) is 21.4. The molecule has 29 heavy (non-hydrogen) atoms. The van der Waals surface area contributed by atoms with Crippen LogP contribution >= 0.6 is 12.2 Å². The van der Waals surface area contributed by atoms with E-state index < -0.39 is 18.1 Å². The number of hydrogen-bond acceptors (Lipinski definition) is 5. The third-order valence-electron chi connectivity index (χ3n) is 5.02. The van der Waals surface area contributed by atoms with E-state index in [1.54, 1.807) is 6.92 Å². The fourth-order valence-corrected chi connectivity index (χ4v) is 3.98. The minimum absolute atomic E-state index is 0.154. The standard InChI is InChI=1S/C22H30N2O4S/c1-5-27-21(25)15(2)13-19(20(29)24-16(3)11-12-17(24)4)23-22(26)28-14-18-9-7-6-8-10-18/h6-10,16-17,19H,2,5,11-14H2,1,3-4H3,(H,23,26)/t16-,17-,19+/m1/s1. The summed E-state index contributed by atoms with van der Waals surface area (Å²) in [7, 11) is 0. The Bertz CT molecular complexity index is 728. The van der Waals surface area contributed by atoms with Crippen molar-refractivity contribution in [2.75, 3.05) is 6.61 Å². The number of carbonyl (C=O) groups excluding carboxylic acids is 2. The molecular weight excluding hydrogens is 388 g/mol. The van der Waals surface area contributed by atoms with Crippen molar-refractivity contribution in [3.63, 3.8) is 0 Å². The number of hydrogen-bond donors (Lipinski definition) is 1. The molecule has 0 unspecified atom stereocenters. The maximum atomic E-state index is 12.4. The number of nitrogens with zero attached hydrogens (tertiary/aromatic N) is 1. The van der Waals surface area contributed by atoms with Gasteiger partial charge >= 0.3 is 12.1 Å². The van der Waals surface area contributed by atoms with Crippen LogP contribution in [0.5, 0.6) is 0 Å². The average molecular weight is 419 g/mol. The van der Waals surface area contributed by atoms with E-state index in [1.165, 1.54) is 0 Å². The molecule has 0 aliphatic carbocycles. The highest BCUT2D eigenvalue weighted by Gasteiger charge is 2.34. The van der Waals surface area contributed by atoms with Gasteiger partial charge in [-0.15, -0.1) is 0 Å². The maximum Gasteiger partial charge on any atom is 0.408 e. The van der Waals surface area contributed by atoms with Gasteiger partial charge in [-0.05, 0) is 39.2 Å². The molecular formula is C22H30N2O4S. The second kappa shape index (κ2) is 11.0. The number of rotatable bonds is 8. The second-order valence-electron chi connectivity index (χ2n) is 7.31. The van der Waals surface area contributed by atoms with E-state index in [1.807, 2.05) is 30.3 Å². The molecule has 0 radical (unpaired) electrons. The van der Waals surface area contributed by atoms with Crippen molar-refractivity contribution in [2.45, 2.75) is 64.8 Å². The average Bonchev–Trinajstić information content (AvgIpc) is 3.04. The fourth-order valence-electron chi connectivity index (χ4n) is 3.48. The Hall–Kier alpha value is -2.41. The van der Waals surface area contributed by atoms with Crippen LogP contribution in [0.1, 0.15) is 45.6 Å². The molecule has 0 spiro atoms. The SMILES string of the molecule is C=C(C[C@H](NC(=O)OCc1ccccc1)C(=S)N1[C@H](C)CC[C@H]1C)C(=O)OCC. The zero-order valence-corrected chi connectivity index (χ0v) is 18.2. The molecule has 0 aromatic heterocycles. The number of benzene rings is 1. The first kappa shape index (κ1) is 22.9. The quantitative estimate of drug-likeness (QED) is 0.391. The molecule has 158 valence electrons. The number of esters is 1. The molecule has 1 saturated heterocycles. The minimum atomic E-state index is -0.586. The highest BCUT2D eigenvalue weighted by atomic mass is 32.1. The van der Waals surface area contributed by atoms with Crippen molar-refractivity contribution in [2.24, 2.45) is 0 Å². The highest BCUT2D eigenvalue weighted by molar-refractivity contribution is 7.80. The number of thiocarbonyl (C=S) groups is 1. The summed E-state index contributed by atoms with van der Waals surface area (Å²) in [6, 6.07) is 9.40. The summed E-state index contributed by atoms with van der Waals surface area (Å²) >= 11 is 5.72. The van der Waals surface area contributed by atoms with Crippen molar-refractivity contribution in [1.82, 2.24) is 10.2 Å². The summed E-state index contributed by atoms with van der Waals surface area (Å²) in [4.78, 5) is 27.2. The number of amides is 1. The van der Waals surface area contributed by atoms with Crippen molar-refractivity contribution >= 4 is 29.3 Å². The molecule has 1 aliphatic heterocycles. The predicted molar refractivity (Wildman–Crippen MR) is 117 cm³/mol. The smallest absolute Gasteiger partial charge is 0.408 e. The van der Waals surface area contributed by atoms with E-state index in [4.69, 9.17) is 21.7 Å². The van der Waals surface area contributed by atoms with E-state index >= 15 is 0 Å². The van der Waals surface area contributed by atoms with Crippen LogP contribution in [0.4, 0.5) is 4.79 Å². The summed E-state index contributed by atoms with van der Waals surface area (Å²) in [6.45, 7) is 10.2. The van der Waals surface area contributed by atoms with Gasteiger partial charge in [-0.3, -0.25) is 0 Å². The Morgan fingerprint density at radius 3 is 2.41 bits per heavy atom. The van der Waals surface area contributed by atoms with Gasteiger partial charge in [0.25, 0.3) is 0 Å². The molecule has 2 rings (SSSR count). The van der Waals surface area contributed by atoms with Crippen LogP contribution in [0.15, 0.2) is 42.5 Å². The van der Waals surface area contributed by atoms with E-state index in [2.05, 4.69) is 30.6 Å². The Balaban J connectivity index is 2.06. The molecule has 6 nitrogen and oxygen atoms in total. The van der Waals surface area contributed by atoms with Gasteiger partial charge in [0.1, 0.15) is 11.6 Å². The largest absolute Gasteiger partial charge is 0.463 e. The molecule has 1 aliphatic rings. The molecule has 1 aromatic rings. The van der Waals surface area contributed by atoms with Crippen LogP contribution in [-0.4, -0.2) is 46.7 Å². The number of nitrogens with one attached hydrogen (secondary N) is 1. The van der Waals surface area contributed by atoms with E-state index in [0.717, 1.165) is 18.4 Å². The van der Waals surface area contributed by atoms with E-state index in [0.29, 0.717) is 4.99 Å². The zero-order valence-electron chi connectivity index (χ0n) is 17.3. The van der Waals surface area contributed by atoms with Crippen LogP contribution in [0.3, 0.4) is 0 Å². The Labute approximate surface area is 178 Å². The Kier molecular flexibility index (Phi) is 8.64. The van der Waals surface area contributed by atoms with Gasteiger partial charge in [-0.2, -0.15) is 0 Å². The number of alkyl carbamates (subject to hydrolysis) is 1. The lowest BCUT2D eigenvalue weighted by molar-refractivity contribution is -0.138. The minimum Gasteiger partial charge on any atom is -0.463 e. The normalized spacial score (nSPS) is 19.3. The Morgan fingerprint density at radius 2 is 1.83 bits per heavy atom. The van der Waals surface area contributed by atoms with Crippen molar-refractivity contribution in [1.29, 1.82) is 0 Å². The molecule has 1 amide bonds. The topological polar surface area (TPSA) is 67.9 Å². The molecule has 3 atom stereocenters. The lowest BCUT2D eigenvalue weighted by atomic mass is 10.1. The lowest BCUT2D eigenvalue weighted by Crippen LogP contribution is -2.51. The van der Waals surface area contributed by atoms with Crippen LogP contribution in [0.25, 0.3) is 0 Å². The van der Waals surface area contributed by atoms with Gasteiger partial charge in [-0.1, -0.05) is 49.1 Å². The van der Waals surface area contributed by atoms with Crippen LogP contribution < -0.4 is 5.32 Å². The third kappa shape index (κ3) is 6.56. The summed E-state index contributed by atoms with van der Waals surface area (Å²) in [5.74, 6) is -0.484. The first-order valence-corrected chi connectivity index (χ1v) is 10.4. The van der Waals surface area contributed by atoms with Crippen molar-refractivity contribution in [3.8, 4) is 0 Å². The molecule has 1 fully saturated rings. The fraction of sp³-hybridized carbons (Fsp3) is 0.500. The molecule has 1 N–H and O–H groups in total. The summed E-state index contributed by atoms with van der Waals surface area (Å²) in [5, 5.41) is 2.82. The highest BCUT2D eigenvalue weighted by Crippen LogP contribution is 2.26. The van der Waals surface area contributed by atoms with E-state index in [-0.39, 0.29) is 37.3 Å². The van der Waals surface area contributed by atoms with Gasteiger partial charge in [0.05, 0.1) is 12.6 Å². The lowest BCUT2D eigenvalue weighted by Gasteiger charge is -2.33. The van der Waals surface area contributed by atoms with E-state index in [9.17, 15) is 9.59 Å². The summed E-state index contributed by atoms with van der Waals surface area (Å²) in [5.41, 5.74) is 1.15. The van der Waals surface area contributed by atoms with Crippen molar-refractivity contribution < 1.29 is 19.1 Å². The number of carbonyl (C=O) groups is 2. The number of ether oxygens (including phenoxy) is 2. The van der Waals surface area contributed by atoms with Gasteiger partial charge < -0.3 is 19.7 Å². The molecule has 0 saturated carbocycles. The van der Waals surface area contributed by atoms with Gasteiger partial charge in [0.15, 0.2) is 0 Å². The van der Waals surface area contributed by atoms with Crippen LogP contribution in [0, 0.1) is 0 Å². The molecule has 0 bridgehead atoms. The van der Waals surface area contributed by atoms with Crippen molar-refractivity contribution in [3.05, 3.63) is 48.0 Å². The van der Waals surface area contributed by atoms with Gasteiger partial charge in [0, 0.05) is 24.1 Å². The van der Waals surface area contributed by atoms with Gasteiger partial charge in [-0.25, -0.2) is 9.59 Å². The summed E-state index contributed by atoms with van der Waals surface area (Å²) < 4.78 is 10.4. The van der Waals surface area contributed by atoms with Crippen LogP contribution in [0.2, 0.25) is 0 Å². The van der Waals surface area contributed by atoms with Crippen LogP contribution in [-0.2, 0) is 20.9 Å². The molecule has 1 aromatic carbocycles. The first-order valence-electron chi connectivity index (χ1n) is 9.97. The third-order valence-corrected chi connectivity index (χ3v) is 5.52. The predicted octanol–water partition coefficient (Wildman–Crippen LogP) is 3.99. The monoisotopic (exact) mass is 418 g/mol. The summed E-state index contributed by atoms with van der Waals surface area (Å²) in [6.07, 6.45) is 1.65. The Morgan fingerprint density at radius 1 is 1.21 bits per heavy atom. The first-order chi connectivity index (χ1) is 13.8. The number of likely N-dealkylation sites (tertiary alicyclic amines) is 1. The maximum absolute atomic E-state index is 12.4.